The highest BCUT2D eigenvalue weighted by molar-refractivity contribution is 7.99. The largest absolute Gasteiger partial charge is 0.369 e. The second-order valence-electron chi connectivity index (χ2n) is 13.1. The van der Waals surface area contributed by atoms with Crippen molar-refractivity contribution >= 4 is 40.9 Å². The van der Waals surface area contributed by atoms with Gasteiger partial charge in [-0.05, 0) is 91.4 Å². The fourth-order valence-corrected chi connectivity index (χ4v) is 9.13. The Labute approximate surface area is 293 Å². The highest BCUT2D eigenvalue weighted by Crippen LogP contribution is 2.51. The van der Waals surface area contributed by atoms with Gasteiger partial charge in [-0.25, -0.2) is 0 Å². The molecule has 0 bridgehead atoms. The highest BCUT2D eigenvalue weighted by atomic mass is 35.5. The summed E-state index contributed by atoms with van der Waals surface area (Å²) in [6, 6.07) is 31.1. The van der Waals surface area contributed by atoms with Gasteiger partial charge in [-0.3, -0.25) is 14.5 Å². The van der Waals surface area contributed by atoms with Crippen LogP contribution in [-0.2, 0) is 23.2 Å². The van der Waals surface area contributed by atoms with E-state index in [4.69, 9.17) is 11.6 Å². The van der Waals surface area contributed by atoms with Gasteiger partial charge in [0.2, 0.25) is 5.91 Å². The molecule has 0 aliphatic carbocycles. The monoisotopic (exact) mass is 678 g/mol. The lowest BCUT2D eigenvalue weighted by atomic mass is 9.69. The molecule has 0 atom stereocenters. The number of hydrogen-bond donors (Lipinski definition) is 1. The molecule has 3 heterocycles. The molecule has 6 nitrogen and oxygen atoms in total. The Hall–Kier alpha value is -3.78. The molecule has 3 aliphatic rings. The number of carbonyl (C=O) groups is 2. The molecular formula is C40H43ClN4O2S. The van der Waals surface area contributed by atoms with Crippen LogP contribution in [0.4, 0.5) is 5.69 Å². The summed E-state index contributed by atoms with van der Waals surface area (Å²) in [7, 11) is 0. The average molecular weight is 679 g/mol. The number of anilines is 1. The van der Waals surface area contributed by atoms with E-state index in [2.05, 4.69) is 81.8 Å². The van der Waals surface area contributed by atoms with Gasteiger partial charge in [0.05, 0.1) is 0 Å². The summed E-state index contributed by atoms with van der Waals surface area (Å²) >= 11 is 7.97. The predicted octanol–water partition coefficient (Wildman–Crippen LogP) is 7.42. The molecule has 48 heavy (non-hydrogen) atoms. The zero-order valence-corrected chi connectivity index (χ0v) is 29.2. The Morgan fingerprint density at radius 3 is 2.29 bits per heavy atom. The van der Waals surface area contributed by atoms with Crippen LogP contribution in [0.3, 0.4) is 0 Å². The number of benzene rings is 4. The van der Waals surface area contributed by atoms with Gasteiger partial charge in [0.25, 0.3) is 5.91 Å². The van der Waals surface area contributed by atoms with Crippen molar-refractivity contribution in [1.82, 2.24) is 15.1 Å². The normalized spacial score (nSPS) is 17.0. The SMILES string of the molecule is CCNC(=O)C1(CCCCN2CCN(c3ccc4c(c3)C(=O)N(Cc3cccc(Cl)c3)CC4)CC2)c2ccccc2Sc2ccccc21. The topological polar surface area (TPSA) is 55.9 Å². The minimum atomic E-state index is -0.680. The minimum absolute atomic E-state index is 0.101. The quantitative estimate of drug-likeness (QED) is 0.177. The van der Waals surface area contributed by atoms with Gasteiger partial charge < -0.3 is 15.1 Å². The number of piperazine rings is 1. The Balaban J connectivity index is 0.970. The van der Waals surface area contributed by atoms with Gasteiger partial charge in [0.15, 0.2) is 0 Å². The van der Waals surface area contributed by atoms with Gasteiger partial charge in [-0.15, -0.1) is 0 Å². The summed E-state index contributed by atoms with van der Waals surface area (Å²) in [4.78, 5) is 36.8. The number of likely N-dealkylation sites (N-methyl/N-ethyl adjacent to an activating group) is 1. The number of halogens is 1. The van der Waals surface area contributed by atoms with Crippen LogP contribution in [0.2, 0.25) is 5.02 Å². The molecule has 1 N–H and O–H groups in total. The van der Waals surface area contributed by atoms with Crippen molar-refractivity contribution in [3.05, 3.63) is 124 Å². The third kappa shape index (κ3) is 6.48. The zero-order valence-electron chi connectivity index (χ0n) is 27.6. The van der Waals surface area contributed by atoms with E-state index in [1.165, 1.54) is 9.79 Å². The summed E-state index contributed by atoms with van der Waals surface area (Å²) in [6.45, 7) is 8.74. The molecule has 248 valence electrons. The van der Waals surface area contributed by atoms with E-state index in [9.17, 15) is 9.59 Å². The Kier molecular flexibility index (Phi) is 9.81. The van der Waals surface area contributed by atoms with Crippen LogP contribution < -0.4 is 10.2 Å². The van der Waals surface area contributed by atoms with Gasteiger partial charge in [0, 0.05) is 71.9 Å². The van der Waals surface area contributed by atoms with Crippen molar-refractivity contribution < 1.29 is 9.59 Å². The number of nitrogens with zero attached hydrogens (tertiary/aromatic N) is 3. The van der Waals surface area contributed by atoms with Crippen LogP contribution in [0.1, 0.15) is 58.8 Å². The summed E-state index contributed by atoms with van der Waals surface area (Å²) in [5.74, 6) is 0.207. The highest BCUT2D eigenvalue weighted by Gasteiger charge is 2.46. The molecule has 1 saturated heterocycles. The number of hydrogen-bond acceptors (Lipinski definition) is 5. The second-order valence-corrected chi connectivity index (χ2v) is 14.6. The van der Waals surface area contributed by atoms with Crippen LogP contribution in [0.25, 0.3) is 0 Å². The number of rotatable bonds is 10. The summed E-state index contributed by atoms with van der Waals surface area (Å²) < 4.78 is 0. The number of amides is 2. The number of unbranched alkanes of at least 4 members (excludes halogenated alkanes) is 1. The summed E-state index contributed by atoms with van der Waals surface area (Å²) in [5.41, 5.74) is 5.72. The third-order valence-corrected chi connectivity index (χ3v) is 11.6. The van der Waals surface area contributed by atoms with Gasteiger partial charge in [0.1, 0.15) is 5.41 Å². The first-order valence-electron chi connectivity index (χ1n) is 17.3. The fraction of sp³-hybridized carbons (Fsp3) is 0.350. The van der Waals surface area contributed by atoms with E-state index < -0.39 is 5.41 Å². The maximum atomic E-state index is 14.0. The van der Waals surface area contributed by atoms with Crippen molar-refractivity contribution in [3.63, 3.8) is 0 Å². The lowest BCUT2D eigenvalue weighted by Crippen LogP contribution is -2.48. The molecule has 4 aromatic carbocycles. The molecule has 3 aliphatic heterocycles. The maximum absolute atomic E-state index is 14.0. The third-order valence-electron chi connectivity index (χ3n) is 10.2. The van der Waals surface area contributed by atoms with Crippen LogP contribution in [0.15, 0.2) is 101 Å². The Bertz CT molecular complexity index is 1760. The molecule has 0 radical (unpaired) electrons. The average Bonchev–Trinajstić information content (AvgIpc) is 3.11. The van der Waals surface area contributed by atoms with Crippen LogP contribution >= 0.6 is 23.4 Å². The summed E-state index contributed by atoms with van der Waals surface area (Å²) in [5, 5.41) is 3.89. The van der Waals surface area contributed by atoms with Crippen molar-refractivity contribution in [1.29, 1.82) is 0 Å². The summed E-state index contributed by atoms with van der Waals surface area (Å²) in [6.07, 6.45) is 3.65. The molecule has 0 spiro atoms. The van der Waals surface area contributed by atoms with Crippen LogP contribution in [0.5, 0.6) is 0 Å². The van der Waals surface area contributed by atoms with Gasteiger partial charge in [-0.1, -0.05) is 84.4 Å². The van der Waals surface area contributed by atoms with Gasteiger partial charge in [-0.2, -0.15) is 0 Å². The minimum Gasteiger partial charge on any atom is -0.369 e. The number of carbonyl (C=O) groups excluding carboxylic acids is 2. The predicted molar refractivity (Wildman–Crippen MR) is 195 cm³/mol. The molecule has 2 amide bonds. The Morgan fingerprint density at radius 1 is 0.854 bits per heavy atom. The first-order chi connectivity index (χ1) is 23.5. The Morgan fingerprint density at radius 2 is 1.58 bits per heavy atom. The molecule has 1 fully saturated rings. The fourth-order valence-electron chi connectivity index (χ4n) is 7.69. The number of nitrogens with one attached hydrogen (secondary N) is 1. The molecular weight excluding hydrogens is 636 g/mol. The van der Waals surface area contributed by atoms with Crippen molar-refractivity contribution in [2.45, 2.75) is 54.4 Å². The molecule has 0 aromatic heterocycles. The van der Waals surface area contributed by atoms with Crippen molar-refractivity contribution in [3.8, 4) is 0 Å². The van der Waals surface area contributed by atoms with Crippen molar-refractivity contribution in [2.75, 3.05) is 50.7 Å². The zero-order chi connectivity index (χ0) is 33.1. The van der Waals surface area contributed by atoms with E-state index in [-0.39, 0.29) is 11.8 Å². The van der Waals surface area contributed by atoms with E-state index >= 15 is 0 Å². The lowest BCUT2D eigenvalue weighted by molar-refractivity contribution is -0.125. The van der Waals surface area contributed by atoms with E-state index in [1.807, 2.05) is 36.1 Å². The van der Waals surface area contributed by atoms with Crippen molar-refractivity contribution in [2.24, 2.45) is 0 Å². The first kappa shape index (κ1) is 32.8. The molecule has 4 aromatic rings. The van der Waals surface area contributed by atoms with Crippen LogP contribution in [-0.4, -0.2) is 67.4 Å². The first-order valence-corrected chi connectivity index (χ1v) is 18.4. The molecule has 7 rings (SSSR count). The lowest BCUT2D eigenvalue weighted by Gasteiger charge is -2.40. The van der Waals surface area contributed by atoms with E-state index in [0.717, 1.165) is 98.5 Å². The second kappa shape index (κ2) is 14.4. The maximum Gasteiger partial charge on any atom is 0.254 e. The number of fused-ring (bicyclic) bond motifs is 3. The van der Waals surface area contributed by atoms with Gasteiger partial charge >= 0.3 is 0 Å². The molecule has 8 heteroatoms. The smallest absolute Gasteiger partial charge is 0.254 e. The molecule has 0 saturated carbocycles. The molecule has 0 unspecified atom stereocenters. The van der Waals surface area contributed by atoms with Crippen LogP contribution in [0, 0.1) is 0 Å². The standard InChI is InChI=1S/C40H43ClN4O2S/c1-2-42-39(47)40(34-12-3-5-14-36(34)48-37-15-6-4-13-35(37)40)19-7-8-20-43-22-24-44(25-23-43)32-17-16-30-18-21-45(38(46)33(30)27-32)28-29-10-9-11-31(41)26-29/h3-6,9-17,26-27H,2,7-8,18-25,28H2,1H3,(H,42,47). The van der Waals surface area contributed by atoms with E-state index in [0.29, 0.717) is 18.1 Å². The van der Waals surface area contributed by atoms with E-state index in [1.54, 1.807) is 11.8 Å².